The summed E-state index contributed by atoms with van der Waals surface area (Å²) >= 11 is 0. The van der Waals surface area contributed by atoms with E-state index in [1.165, 1.54) is 18.2 Å². The minimum Gasteiger partial charge on any atom is -0.373 e. The average Bonchev–Trinajstić information content (AvgIpc) is 2.41. The van der Waals surface area contributed by atoms with E-state index in [2.05, 4.69) is 10.6 Å². The molecule has 2 rings (SSSR count). The van der Waals surface area contributed by atoms with E-state index in [-0.39, 0.29) is 11.6 Å². The Morgan fingerprint density at radius 3 is 2.65 bits per heavy atom. The largest absolute Gasteiger partial charge is 0.373 e. The Kier molecular flexibility index (Phi) is 4.22. The number of hydrogen-bond donors (Lipinski definition) is 2. The van der Waals surface area contributed by atoms with Crippen LogP contribution in [-0.2, 0) is 14.6 Å². The second kappa shape index (κ2) is 5.74. The van der Waals surface area contributed by atoms with E-state index >= 15 is 0 Å². The highest BCUT2D eigenvalue weighted by Crippen LogP contribution is 2.27. The first-order chi connectivity index (χ1) is 9.43. The van der Waals surface area contributed by atoms with Crippen molar-refractivity contribution in [1.29, 1.82) is 0 Å². The van der Waals surface area contributed by atoms with Crippen LogP contribution >= 0.6 is 0 Å². The van der Waals surface area contributed by atoms with Gasteiger partial charge in [0, 0.05) is 6.54 Å². The summed E-state index contributed by atoms with van der Waals surface area (Å²) < 4.78 is 48.4. The normalized spacial score (nSPS) is 19.8. The van der Waals surface area contributed by atoms with Crippen LogP contribution < -0.4 is 10.6 Å². The molecule has 1 atom stereocenters. The SMILES string of the molecule is O=C1NCCCC1Nc1ccccc1S(=O)(=O)C(F)F. The quantitative estimate of drug-likeness (QED) is 0.881. The zero-order chi connectivity index (χ0) is 14.8. The van der Waals surface area contributed by atoms with Gasteiger partial charge in [0.05, 0.1) is 10.6 Å². The lowest BCUT2D eigenvalue weighted by atomic mass is 10.1. The second-order valence-corrected chi connectivity index (χ2v) is 6.32. The topological polar surface area (TPSA) is 75.3 Å². The number of anilines is 1. The van der Waals surface area contributed by atoms with Crippen molar-refractivity contribution >= 4 is 21.4 Å². The first-order valence-electron chi connectivity index (χ1n) is 6.08. The highest BCUT2D eigenvalue weighted by atomic mass is 32.2. The summed E-state index contributed by atoms with van der Waals surface area (Å²) in [5.41, 5.74) is 0.0230. The maximum absolute atomic E-state index is 12.6. The van der Waals surface area contributed by atoms with Crippen molar-refractivity contribution in [3.05, 3.63) is 24.3 Å². The Labute approximate surface area is 115 Å². The van der Waals surface area contributed by atoms with Crippen LogP contribution in [-0.4, -0.2) is 32.7 Å². The van der Waals surface area contributed by atoms with Crippen molar-refractivity contribution in [2.24, 2.45) is 0 Å². The summed E-state index contributed by atoms with van der Waals surface area (Å²) in [5, 5.41) is 5.37. The van der Waals surface area contributed by atoms with Crippen LogP contribution in [0.2, 0.25) is 0 Å². The number of carbonyl (C=O) groups excluding carboxylic acids is 1. The molecule has 110 valence electrons. The van der Waals surface area contributed by atoms with Gasteiger partial charge in [0.2, 0.25) is 15.7 Å². The second-order valence-electron chi connectivity index (χ2n) is 4.43. The van der Waals surface area contributed by atoms with Crippen molar-refractivity contribution in [3.8, 4) is 0 Å². The van der Waals surface area contributed by atoms with Gasteiger partial charge in [0.1, 0.15) is 6.04 Å². The first kappa shape index (κ1) is 14.7. The third kappa shape index (κ3) is 2.90. The molecule has 0 aliphatic carbocycles. The summed E-state index contributed by atoms with van der Waals surface area (Å²) in [4.78, 5) is 11.1. The van der Waals surface area contributed by atoms with E-state index in [0.29, 0.717) is 13.0 Å². The van der Waals surface area contributed by atoms with Crippen molar-refractivity contribution in [2.45, 2.75) is 29.5 Å². The molecule has 1 aromatic carbocycles. The smallest absolute Gasteiger partial charge is 0.341 e. The molecular weight excluding hydrogens is 290 g/mol. The fourth-order valence-corrected chi connectivity index (χ4v) is 2.92. The van der Waals surface area contributed by atoms with Crippen LogP contribution in [0.5, 0.6) is 0 Å². The third-order valence-electron chi connectivity index (χ3n) is 3.04. The Morgan fingerprint density at radius 2 is 2.00 bits per heavy atom. The van der Waals surface area contributed by atoms with Gasteiger partial charge in [-0.1, -0.05) is 12.1 Å². The standard InChI is InChI=1S/C12H14F2N2O3S/c13-12(14)20(18,19)10-6-2-1-4-8(10)16-9-5-3-7-15-11(9)17/h1-2,4,6,9,12,16H,3,5,7H2,(H,15,17). The molecule has 1 heterocycles. The zero-order valence-electron chi connectivity index (χ0n) is 10.5. The molecule has 0 radical (unpaired) electrons. The predicted octanol–water partition coefficient (Wildman–Crippen LogP) is 1.37. The van der Waals surface area contributed by atoms with Crippen LogP contribution in [0.4, 0.5) is 14.5 Å². The minimum atomic E-state index is -4.70. The number of benzene rings is 1. The third-order valence-corrected chi connectivity index (χ3v) is 4.48. The minimum absolute atomic E-state index is 0.0230. The lowest BCUT2D eigenvalue weighted by Crippen LogP contribution is -2.44. The first-order valence-corrected chi connectivity index (χ1v) is 7.63. The Balaban J connectivity index is 2.31. The van der Waals surface area contributed by atoms with E-state index in [0.717, 1.165) is 12.5 Å². The Bertz CT molecular complexity index is 604. The van der Waals surface area contributed by atoms with Gasteiger partial charge < -0.3 is 10.6 Å². The molecule has 1 aromatic rings. The van der Waals surface area contributed by atoms with Gasteiger partial charge in [0.15, 0.2) is 0 Å². The van der Waals surface area contributed by atoms with Crippen molar-refractivity contribution in [3.63, 3.8) is 0 Å². The van der Waals surface area contributed by atoms with Crippen molar-refractivity contribution < 1.29 is 22.0 Å². The van der Waals surface area contributed by atoms with E-state index in [9.17, 15) is 22.0 Å². The molecule has 0 bridgehead atoms. The van der Waals surface area contributed by atoms with Crippen molar-refractivity contribution in [1.82, 2.24) is 5.32 Å². The molecule has 1 aliphatic heterocycles. The van der Waals surface area contributed by atoms with Crippen LogP contribution in [0.1, 0.15) is 12.8 Å². The van der Waals surface area contributed by atoms with Crippen LogP contribution in [0, 0.1) is 0 Å². The lowest BCUT2D eigenvalue weighted by molar-refractivity contribution is -0.123. The summed E-state index contributed by atoms with van der Waals surface area (Å²) in [6.07, 6.45) is 1.27. The monoisotopic (exact) mass is 304 g/mol. The number of carbonyl (C=O) groups is 1. The Hall–Kier alpha value is -1.70. The van der Waals surface area contributed by atoms with Gasteiger partial charge in [-0.2, -0.15) is 8.78 Å². The van der Waals surface area contributed by atoms with E-state index < -0.39 is 26.5 Å². The predicted molar refractivity (Wildman–Crippen MR) is 69.3 cm³/mol. The van der Waals surface area contributed by atoms with Crippen LogP contribution in [0.15, 0.2) is 29.2 Å². The number of piperidine rings is 1. The van der Waals surface area contributed by atoms with Gasteiger partial charge >= 0.3 is 5.76 Å². The number of para-hydroxylation sites is 1. The van der Waals surface area contributed by atoms with Crippen molar-refractivity contribution in [2.75, 3.05) is 11.9 Å². The summed E-state index contributed by atoms with van der Waals surface area (Å²) in [6.45, 7) is 0.563. The van der Waals surface area contributed by atoms with Crippen LogP contribution in [0.3, 0.4) is 0 Å². The van der Waals surface area contributed by atoms with Gasteiger partial charge in [0.25, 0.3) is 0 Å². The highest BCUT2D eigenvalue weighted by Gasteiger charge is 2.30. The fraction of sp³-hybridized carbons (Fsp3) is 0.417. The molecule has 1 amide bonds. The zero-order valence-corrected chi connectivity index (χ0v) is 11.3. The number of sulfone groups is 1. The molecule has 5 nitrogen and oxygen atoms in total. The number of amides is 1. The average molecular weight is 304 g/mol. The van der Waals surface area contributed by atoms with E-state index in [1.807, 2.05) is 0 Å². The Morgan fingerprint density at radius 1 is 1.30 bits per heavy atom. The van der Waals surface area contributed by atoms with Gasteiger partial charge in [-0.15, -0.1) is 0 Å². The van der Waals surface area contributed by atoms with Gasteiger partial charge in [-0.05, 0) is 25.0 Å². The maximum atomic E-state index is 12.6. The summed E-state index contributed by atoms with van der Waals surface area (Å²) in [7, 11) is -4.70. The molecule has 1 fully saturated rings. The summed E-state index contributed by atoms with van der Waals surface area (Å²) in [6, 6.07) is 4.74. The maximum Gasteiger partial charge on any atom is 0.341 e. The fourth-order valence-electron chi connectivity index (χ4n) is 2.03. The number of alkyl halides is 2. The molecule has 0 aromatic heterocycles. The van der Waals surface area contributed by atoms with Gasteiger partial charge in [-0.3, -0.25) is 4.79 Å². The van der Waals surface area contributed by atoms with E-state index in [4.69, 9.17) is 0 Å². The highest BCUT2D eigenvalue weighted by molar-refractivity contribution is 7.91. The van der Waals surface area contributed by atoms with Gasteiger partial charge in [-0.25, -0.2) is 8.42 Å². The molecule has 2 N–H and O–H groups in total. The molecule has 20 heavy (non-hydrogen) atoms. The van der Waals surface area contributed by atoms with E-state index in [1.54, 1.807) is 0 Å². The number of hydrogen-bond acceptors (Lipinski definition) is 4. The molecule has 1 unspecified atom stereocenters. The molecule has 8 heteroatoms. The molecular formula is C12H14F2N2O3S. The molecule has 0 spiro atoms. The van der Waals surface area contributed by atoms with Crippen LogP contribution in [0.25, 0.3) is 0 Å². The summed E-state index contributed by atoms with van der Waals surface area (Å²) in [5.74, 6) is -3.76. The lowest BCUT2D eigenvalue weighted by Gasteiger charge is -2.24. The molecule has 0 saturated carbocycles. The molecule has 1 aliphatic rings. The number of halogens is 2. The number of rotatable bonds is 4. The molecule has 1 saturated heterocycles. The number of nitrogens with one attached hydrogen (secondary N) is 2.